The van der Waals surface area contributed by atoms with Crippen LogP contribution in [-0.4, -0.2) is 20.8 Å². The van der Waals surface area contributed by atoms with E-state index >= 15 is 0 Å². The molecule has 1 heterocycles. The molecule has 0 spiro atoms. The molecule has 0 saturated carbocycles. The van der Waals surface area contributed by atoms with Gasteiger partial charge < -0.3 is 10.1 Å². The zero-order chi connectivity index (χ0) is 20.8. The summed E-state index contributed by atoms with van der Waals surface area (Å²) in [4.78, 5) is 30.4. The van der Waals surface area contributed by atoms with Crippen molar-refractivity contribution in [1.29, 1.82) is 0 Å². The zero-order valence-electron chi connectivity index (χ0n) is 15.2. The molecule has 8 nitrogen and oxygen atoms in total. The Balaban J connectivity index is 1.69. The van der Waals surface area contributed by atoms with E-state index in [1.807, 2.05) is 0 Å². The summed E-state index contributed by atoms with van der Waals surface area (Å²) in [5.74, 6) is -0.715. The molecule has 1 aromatic heterocycles. The predicted molar refractivity (Wildman–Crippen MR) is 104 cm³/mol. The van der Waals surface area contributed by atoms with Gasteiger partial charge in [0.15, 0.2) is 0 Å². The van der Waals surface area contributed by atoms with Crippen molar-refractivity contribution in [2.24, 2.45) is 0 Å². The van der Waals surface area contributed by atoms with Crippen LogP contribution in [0.2, 0.25) is 0 Å². The number of hydrogen-bond acceptors (Lipinski definition) is 6. The molecule has 9 heteroatoms. The van der Waals surface area contributed by atoms with Gasteiger partial charge in [0.1, 0.15) is 11.6 Å². The summed E-state index contributed by atoms with van der Waals surface area (Å²) in [6, 6.07) is 10.0. The van der Waals surface area contributed by atoms with Crippen molar-refractivity contribution in [3.63, 3.8) is 0 Å². The number of anilines is 1. The van der Waals surface area contributed by atoms with Crippen molar-refractivity contribution in [3.05, 3.63) is 88.0 Å². The van der Waals surface area contributed by atoms with Gasteiger partial charge in [-0.1, -0.05) is 0 Å². The maximum absolute atomic E-state index is 13.2. The number of nitrogens with zero attached hydrogens (tertiary/aromatic N) is 3. The molecule has 29 heavy (non-hydrogen) atoms. The SMILES string of the molecule is Cc1cc(Oc2ncccn2)ccc1NC(=O)C=Cc1ccc(F)cc1[N+](=O)[O-]. The molecule has 0 aliphatic heterocycles. The highest BCUT2D eigenvalue weighted by Gasteiger charge is 2.13. The zero-order valence-corrected chi connectivity index (χ0v) is 15.2. The van der Waals surface area contributed by atoms with E-state index in [0.717, 1.165) is 23.8 Å². The minimum Gasteiger partial charge on any atom is -0.424 e. The second kappa shape index (κ2) is 8.70. The fourth-order valence-electron chi connectivity index (χ4n) is 2.44. The van der Waals surface area contributed by atoms with Gasteiger partial charge in [-0.15, -0.1) is 0 Å². The summed E-state index contributed by atoms with van der Waals surface area (Å²) in [5.41, 5.74) is 0.965. The Morgan fingerprint density at radius 3 is 2.66 bits per heavy atom. The van der Waals surface area contributed by atoms with E-state index in [0.29, 0.717) is 11.4 Å². The lowest BCUT2D eigenvalue weighted by Gasteiger charge is -2.09. The molecule has 0 bridgehead atoms. The Morgan fingerprint density at radius 2 is 1.97 bits per heavy atom. The minimum atomic E-state index is -0.725. The van der Waals surface area contributed by atoms with Crippen LogP contribution in [0, 0.1) is 22.9 Å². The third-order valence-corrected chi connectivity index (χ3v) is 3.81. The topological polar surface area (TPSA) is 107 Å². The number of nitro benzene ring substituents is 1. The molecule has 1 N–H and O–H groups in total. The summed E-state index contributed by atoms with van der Waals surface area (Å²) >= 11 is 0. The van der Waals surface area contributed by atoms with Crippen LogP contribution in [0.3, 0.4) is 0 Å². The van der Waals surface area contributed by atoms with Crippen LogP contribution in [0.25, 0.3) is 6.08 Å². The second-order valence-corrected chi connectivity index (χ2v) is 5.89. The number of aromatic nitrogens is 2. The molecule has 0 unspecified atom stereocenters. The summed E-state index contributed by atoms with van der Waals surface area (Å²) in [5, 5.41) is 13.7. The lowest BCUT2D eigenvalue weighted by atomic mass is 10.1. The van der Waals surface area contributed by atoms with E-state index in [2.05, 4.69) is 15.3 Å². The number of halogens is 1. The number of amides is 1. The average Bonchev–Trinajstić information content (AvgIpc) is 2.70. The Morgan fingerprint density at radius 1 is 1.21 bits per heavy atom. The maximum atomic E-state index is 13.2. The molecule has 146 valence electrons. The van der Waals surface area contributed by atoms with Gasteiger partial charge >= 0.3 is 6.01 Å². The molecular weight excluding hydrogens is 379 g/mol. The van der Waals surface area contributed by atoms with Gasteiger partial charge in [-0.2, -0.15) is 0 Å². The van der Waals surface area contributed by atoms with Crippen molar-refractivity contribution in [3.8, 4) is 11.8 Å². The molecule has 3 aromatic rings. The highest BCUT2D eigenvalue weighted by Crippen LogP contribution is 2.25. The molecule has 0 aliphatic carbocycles. The van der Waals surface area contributed by atoms with E-state index < -0.39 is 22.3 Å². The molecule has 0 fully saturated rings. The summed E-state index contributed by atoms with van der Waals surface area (Å²) < 4.78 is 18.7. The number of carbonyl (C=O) groups excluding carboxylic acids is 1. The first-order chi connectivity index (χ1) is 13.9. The summed E-state index contributed by atoms with van der Waals surface area (Å²) in [6.45, 7) is 1.78. The van der Waals surface area contributed by atoms with Crippen LogP contribution in [0.15, 0.2) is 60.9 Å². The first-order valence-electron chi connectivity index (χ1n) is 8.41. The lowest BCUT2D eigenvalue weighted by molar-refractivity contribution is -0.385. The van der Waals surface area contributed by atoms with Gasteiger partial charge in [0.05, 0.1) is 16.6 Å². The fraction of sp³-hybridized carbons (Fsp3) is 0.0500. The van der Waals surface area contributed by atoms with Gasteiger partial charge in [-0.05, 0) is 55.0 Å². The van der Waals surface area contributed by atoms with Crippen molar-refractivity contribution in [1.82, 2.24) is 9.97 Å². The quantitative estimate of drug-likeness (QED) is 0.380. The van der Waals surface area contributed by atoms with Gasteiger partial charge in [-0.3, -0.25) is 14.9 Å². The maximum Gasteiger partial charge on any atom is 0.321 e. The van der Waals surface area contributed by atoms with Crippen LogP contribution in [0.1, 0.15) is 11.1 Å². The summed E-state index contributed by atoms with van der Waals surface area (Å²) in [6.07, 6.45) is 5.51. The third-order valence-electron chi connectivity index (χ3n) is 3.81. The number of aryl methyl sites for hydroxylation is 1. The Bertz CT molecular complexity index is 1090. The van der Waals surface area contributed by atoms with E-state index in [-0.39, 0.29) is 11.6 Å². The first kappa shape index (κ1) is 19.6. The standard InChI is InChI=1S/C20H15FN4O4/c1-13-11-16(29-20-22-9-2-10-23-20)6-7-17(13)24-19(26)8-4-14-3-5-15(21)12-18(14)25(27)28/h2-12H,1H3,(H,24,26). The largest absolute Gasteiger partial charge is 0.424 e. The van der Waals surface area contributed by atoms with E-state index in [1.54, 1.807) is 43.6 Å². The van der Waals surface area contributed by atoms with Gasteiger partial charge in [0, 0.05) is 24.2 Å². The van der Waals surface area contributed by atoms with Crippen molar-refractivity contribution in [2.75, 3.05) is 5.32 Å². The minimum absolute atomic E-state index is 0.120. The number of carbonyl (C=O) groups is 1. The van der Waals surface area contributed by atoms with Crippen molar-refractivity contribution in [2.45, 2.75) is 6.92 Å². The van der Waals surface area contributed by atoms with Crippen LogP contribution in [-0.2, 0) is 4.79 Å². The van der Waals surface area contributed by atoms with Gasteiger partial charge in [0.25, 0.3) is 5.69 Å². The number of rotatable bonds is 6. The van der Waals surface area contributed by atoms with Crippen LogP contribution >= 0.6 is 0 Å². The van der Waals surface area contributed by atoms with E-state index in [4.69, 9.17) is 4.74 Å². The molecule has 2 aromatic carbocycles. The highest BCUT2D eigenvalue weighted by atomic mass is 19.1. The first-order valence-corrected chi connectivity index (χ1v) is 8.41. The Labute approximate surface area is 164 Å². The number of ether oxygens (including phenoxy) is 1. The molecule has 3 rings (SSSR count). The Hall–Kier alpha value is -4.14. The monoisotopic (exact) mass is 394 g/mol. The van der Waals surface area contributed by atoms with Gasteiger partial charge in [-0.25, -0.2) is 14.4 Å². The normalized spacial score (nSPS) is 10.7. The third kappa shape index (κ3) is 5.19. The molecular formula is C20H15FN4O4. The van der Waals surface area contributed by atoms with Crippen molar-refractivity contribution < 1.29 is 18.8 Å². The number of hydrogen-bond donors (Lipinski definition) is 1. The van der Waals surface area contributed by atoms with Crippen molar-refractivity contribution >= 4 is 23.4 Å². The van der Waals surface area contributed by atoms with Crippen LogP contribution in [0.4, 0.5) is 15.8 Å². The Kier molecular flexibility index (Phi) is 5.88. The second-order valence-electron chi connectivity index (χ2n) is 5.89. The molecule has 0 aliphatic rings. The van der Waals surface area contributed by atoms with Gasteiger partial charge in [0.2, 0.25) is 5.91 Å². The number of nitro groups is 1. The average molecular weight is 394 g/mol. The lowest BCUT2D eigenvalue weighted by Crippen LogP contribution is -2.09. The molecule has 0 atom stereocenters. The number of benzene rings is 2. The molecule has 0 radical (unpaired) electrons. The smallest absolute Gasteiger partial charge is 0.321 e. The van der Waals surface area contributed by atoms with E-state index in [9.17, 15) is 19.3 Å². The molecule has 1 amide bonds. The van der Waals surface area contributed by atoms with E-state index in [1.165, 1.54) is 12.1 Å². The van der Waals surface area contributed by atoms with Crippen LogP contribution in [0.5, 0.6) is 11.8 Å². The van der Waals surface area contributed by atoms with Crippen LogP contribution < -0.4 is 10.1 Å². The summed E-state index contributed by atoms with van der Waals surface area (Å²) in [7, 11) is 0. The predicted octanol–water partition coefficient (Wildman–Crippen LogP) is 4.28. The fourth-order valence-corrected chi connectivity index (χ4v) is 2.44. The highest BCUT2D eigenvalue weighted by molar-refractivity contribution is 6.02. The number of nitrogens with one attached hydrogen (secondary N) is 1. The molecule has 0 saturated heterocycles.